The van der Waals surface area contributed by atoms with Crippen molar-refractivity contribution >= 4 is 0 Å². The molecule has 0 fully saturated rings. The smallest absolute Gasteiger partial charge is 0.164 e. The molecule has 1 atom stereocenters. The number of hydrogen-bond acceptors (Lipinski definition) is 2. The first-order chi connectivity index (χ1) is 8.11. The van der Waals surface area contributed by atoms with Crippen LogP contribution in [-0.2, 0) is 0 Å². The first kappa shape index (κ1) is 11.7. The molecule has 0 saturated heterocycles. The molecule has 1 heterocycles. The highest BCUT2D eigenvalue weighted by molar-refractivity contribution is 5.32. The number of aliphatic hydroxyl groups excluding tert-OH is 1. The van der Waals surface area contributed by atoms with Gasteiger partial charge in [-0.15, -0.1) is 0 Å². The Morgan fingerprint density at radius 3 is 2.53 bits per heavy atom. The Balaban J connectivity index is 2.48. The Kier molecular flexibility index (Phi) is 3.15. The molecule has 17 heavy (non-hydrogen) atoms. The van der Waals surface area contributed by atoms with Gasteiger partial charge in [0.1, 0.15) is 6.10 Å². The van der Waals surface area contributed by atoms with Crippen LogP contribution in [-0.4, -0.2) is 10.1 Å². The summed E-state index contributed by atoms with van der Waals surface area (Å²) < 4.78 is 26.6. The molecule has 0 aliphatic rings. The number of halogens is 2. The van der Waals surface area contributed by atoms with Crippen LogP contribution in [0.15, 0.2) is 36.5 Å². The molecule has 1 unspecified atom stereocenters. The molecule has 0 amide bonds. The van der Waals surface area contributed by atoms with Gasteiger partial charge < -0.3 is 5.11 Å². The molecule has 0 bridgehead atoms. The zero-order valence-corrected chi connectivity index (χ0v) is 9.19. The average molecular weight is 235 g/mol. The molecular weight excluding hydrogens is 224 g/mol. The van der Waals surface area contributed by atoms with Crippen molar-refractivity contribution in [3.63, 3.8) is 0 Å². The lowest BCUT2D eigenvalue weighted by atomic mass is 10.00. The lowest BCUT2D eigenvalue weighted by Gasteiger charge is -2.14. The van der Waals surface area contributed by atoms with Gasteiger partial charge in [-0.1, -0.05) is 18.2 Å². The Morgan fingerprint density at radius 2 is 1.82 bits per heavy atom. The monoisotopic (exact) mass is 235 g/mol. The van der Waals surface area contributed by atoms with Gasteiger partial charge in [-0.05, 0) is 19.1 Å². The van der Waals surface area contributed by atoms with Gasteiger partial charge in [-0.3, -0.25) is 4.98 Å². The van der Waals surface area contributed by atoms with Crippen LogP contribution in [0.2, 0.25) is 0 Å². The predicted molar refractivity (Wildman–Crippen MR) is 59.4 cm³/mol. The van der Waals surface area contributed by atoms with Crippen LogP contribution in [0.1, 0.15) is 22.9 Å². The number of pyridine rings is 1. The second-order valence-corrected chi connectivity index (χ2v) is 3.72. The quantitative estimate of drug-likeness (QED) is 0.868. The van der Waals surface area contributed by atoms with Crippen LogP contribution in [0.4, 0.5) is 8.78 Å². The lowest BCUT2D eigenvalue weighted by molar-refractivity contribution is 0.212. The fraction of sp³-hybridized carbons (Fsp3) is 0.154. The van der Waals surface area contributed by atoms with Crippen LogP contribution in [0, 0.1) is 18.6 Å². The minimum absolute atomic E-state index is 0.0823. The lowest BCUT2D eigenvalue weighted by Crippen LogP contribution is -2.06. The molecule has 1 aromatic heterocycles. The van der Waals surface area contributed by atoms with Crippen LogP contribution < -0.4 is 0 Å². The van der Waals surface area contributed by atoms with Crippen molar-refractivity contribution in [2.24, 2.45) is 0 Å². The van der Waals surface area contributed by atoms with Crippen LogP contribution in [0.5, 0.6) is 0 Å². The van der Waals surface area contributed by atoms with Gasteiger partial charge in [0.2, 0.25) is 0 Å². The molecule has 0 saturated carbocycles. The number of aliphatic hydroxyl groups is 1. The minimum atomic E-state index is -1.21. The van der Waals surface area contributed by atoms with Crippen molar-refractivity contribution in [2.75, 3.05) is 0 Å². The van der Waals surface area contributed by atoms with E-state index in [-0.39, 0.29) is 5.56 Å². The van der Waals surface area contributed by atoms with E-state index >= 15 is 0 Å². The second-order valence-electron chi connectivity index (χ2n) is 3.72. The van der Waals surface area contributed by atoms with E-state index in [1.54, 1.807) is 25.3 Å². The molecule has 1 aromatic carbocycles. The number of hydrogen-bond donors (Lipinski definition) is 1. The summed E-state index contributed by atoms with van der Waals surface area (Å²) in [7, 11) is 0. The fourth-order valence-electron chi connectivity index (χ4n) is 1.68. The van der Waals surface area contributed by atoms with Gasteiger partial charge >= 0.3 is 0 Å². The van der Waals surface area contributed by atoms with Crippen molar-refractivity contribution in [1.29, 1.82) is 0 Å². The number of benzene rings is 1. The fourth-order valence-corrected chi connectivity index (χ4v) is 1.68. The average Bonchev–Trinajstić information content (AvgIpc) is 2.32. The molecule has 2 nitrogen and oxygen atoms in total. The SMILES string of the molecule is Cc1ncccc1C(O)c1cccc(F)c1F. The van der Waals surface area contributed by atoms with E-state index in [0.29, 0.717) is 11.3 Å². The zero-order valence-electron chi connectivity index (χ0n) is 9.19. The molecule has 4 heteroatoms. The van der Waals surface area contributed by atoms with E-state index in [9.17, 15) is 13.9 Å². The van der Waals surface area contributed by atoms with Crippen LogP contribution in [0.25, 0.3) is 0 Å². The summed E-state index contributed by atoms with van der Waals surface area (Å²) >= 11 is 0. The Morgan fingerprint density at radius 1 is 1.12 bits per heavy atom. The predicted octanol–water partition coefficient (Wildman–Crippen LogP) is 2.75. The number of nitrogens with zero attached hydrogens (tertiary/aromatic N) is 1. The molecule has 88 valence electrons. The van der Waals surface area contributed by atoms with Crippen molar-refractivity contribution in [1.82, 2.24) is 4.98 Å². The Bertz CT molecular complexity index is 543. The van der Waals surface area contributed by atoms with Crippen LogP contribution in [0.3, 0.4) is 0 Å². The van der Waals surface area contributed by atoms with E-state index in [0.717, 1.165) is 6.07 Å². The standard InChI is InChI=1S/C13H11F2NO/c1-8-9(5-3-7-16-8)13(17)10-4-2-6-11(14)12(10)15/h2-7,13,17H,1H3. The molecule has 2 rings (SSSR count). The summed E-state index contributed by atoms with van der Waals surface area (Å²) in [4.78, 5) is 4.00. The maximum atomic E-state index is 13.5. The molecule has 2 aromatic rings. The van der Waals surface area contributed by atoms with Crippen molar-refractivity contribution in [3.8, 4) is 0 Å². The molecule has 1 N–H and O–H groups in total. The van der Waals surface area contributed by atoms with Crippen molar-refractivity contribution < 1.29 is 13.9 Å². The van der Waals surface area contributed by atoms with E-state index in [2.05, 4.69) is 4.98 Å². The van der Waals surface area contributed by atoms with Crippen LogP contribution >= 0.6 is 0 Å². The van der Waals surface area contributed by atoms with Gasteiger partial charge in [-0.25, -0.2) is 8.78 Å². The van der Waals surface area contributed by atoms with Gasteiger partial charge in [0.25, 0.3) is 0 Å². The van der Waals surface area contributed by atoms with E-state index < -0.39 is 17.7 Å². The highest BCUT2D eigenvalue weighted by Crippen LogP contribution is 2.26. The summed E-state index contributed by atoms with van der Waals surface area (Å²) in [6, 6.07) is 7.01. The topological polar surface area (TPSA) is 33.1 Å². The highest BCUT2D eigenvalue weighted by Gasteiger charge is 2.19. The second kappa shape index (κ2) is 4.59. The number of rotatable bonds is 2. The molecule has 0 radical (unpaired) electrons. The Labute approximate surface area is 97.6 Å². The van der Waals surface area contributed by atoms with Gasteiger partial charge in [0.15, 0.2) is 11.6 Å². The normalized spacial score (nSPS) is 12.5. The maximum Gasteiger partial charge on any atom is 0.164 e. The maximum absolute atomic E-state index is 13.5. The minimum Gasteiger partial charge on any atom is -0.383 e. The first-order valence-corrected chi connectivity index (χ1v) is 5.14. The zero-order chi connectivity index (χ0) is 12.4. The third-order valence-electron chi connectivity index (χ3n) is 2.62. The largest absolute Gasteiger partial charge is 0.383 e. The summed E-state index contributed by atoms with van der Waals surface area (Å²) in [5, 5.41) is 10.0. The van der Waals surface area contributed by atoms with Gasteiger partial charge in [0.05, 0.1) is 0 Å². The van der Waals surface area contributed by atoms with Crippen molar-refractivity contribution in [2.45, 2.75) is 13.0 Å². The highest BCUT2D eigenvalue weighted by atomic mass is 19.2. The van der Waals surface area contributed by atoms with Crippen molar-refractivity contribution in [3.05, 3.63) is 65.0 Å². The first-order valence-electron chi connectivity index (χ1n) is 5.14. The summed E-state index contributed by atoms with van der Waals surface area (Å²) in [5.41, 5.74) is 0.974. The summed E-state index contributed by atoms with van der Waals surface area (Å²) in [6.45, 7) is 1.70. The Hall–Kier alpha value is -1.81. The third kappa shape index (κ3) is 2.17. The molecule has 0 aliphatic carbocycles. The third-order valence-corrected chi connectivity index (χ3v) is 2.62. The molecular formula is C13H11F2NO. The van der Waals surface area contributed by atoms with Gasteiger partial charge in [0, 0.05) is 23.0 Å². The summed E-state index contributed by atoms with van der Waals surface area (Å²) in [5.74, 6) is -1.99. The van der Waals surface area contributed by atoms with E-state index in [4.69, 9.17) is 0 Å². The van der Waals surface area contributed by atoms with E-state index in [1.165, 1.54) is 12.1 Å². The molecule has 0 aliphatic heterocycles. The van der Waals surface area contributed by atoms with E-state index in [1.807, 2.05) is 0 Å². The molecule has 0 spiro atoms. The number of aryl methyl sites for hydroxylation is 1. The van der Waals surface area contributed by atoms with Gasteiger partial charge in [-0.2, -0.15) is 0 Å². The summed E-state index contributed by atoms with van der Waals surface area (Å²) in [6.07, 6.45) is 0.368. The number of aromatic nitrogens is 1.